The predicted octanol–water partition coefficient (Wildman–Crippen LogP) is 4.01. The standard InChI is InChI=1S/C20H22N2O2.2ClH/c1-15-17-9-5-6-10-18(17)19(20(23)24-15)22-13-11-21(12-14-22)16-7-3-2-4-8-16;;/h2-10,15,19H,11-14H2,1H3;2*1H/t15-,19+;;/m0../s1. The summed E-state index contributed by atoms with van der Waals surface area (Å²) in [6, 6.07) is 18.3. The van der Waals surface area contributed by atoms with Crippen LogP contribution in [0.15, 0.2) is 54.6 Å². The summed E-state index contributed by atoms with van der Waals surface area (Å²) in [5, 5.41) is 0. The van der Waals surface area contributed by atoms with Crippen molar-refractivity contribution in [2.24, 2.45) is 0 Å². The zero-order valence-corrected chi connectivity index (χ0v) is 16.3. The Bertz CT molecular complexity index is 734. The molecular weight excluding hydrogens is 371 g/mol. The van der Waals surface area contributed by atoms with Crippen molar-refractivity contribution in [3.63, 3.8) is 0 Å². The summed E-state index contributed by atoms with van der Waals surface area (Å²) in [4.78, 5) is 17.2. The SMILES string of the molecule is C[C@@H]1OC(=O)[C@H](N2CCN(c3ccccc3)CC2)c2ccccc21.Cl.Cl. The number of hydrogen-bond donors (Lipinski definition) is 0. The molecule has 26 heavy (non-hydrogen) atoms. The Balaban J connectivity index is 0.00000121. The molecule has 4 nitrogen and oxygen atoms in total. The number of anilines is 1. The third-order valence-corrected chi connectivity index (χ3v) is 5.05. The van der Waals surface area contributed by atoms with Crippen molar-refractivity contribution < 1.29 is 9.53 Å². The van der Waals surface area contributed by atoms with Crippen LogP contribution in [0.3, 0.4) is 0 Å². The maximum Gasteiger partial charge on any atom is 0.328 e. The van der Waals surface area contributed by atoms with Crippen molar-refractivity contribution in [3.8, 4) is 0 Å². The van der Waals surface area contributed by atoms with E-state index in [1.165, 1.54) is 5.69 Å². The van der Waals surface area contributed by atoms with Crippen LogP contribution < -0.4 is 4.90 Å². The van der Waals surface area contributed by atoms with Crippen molar-refractivity contribution >= 4 is 36.5 Å². The molecule has 0 N–H and O–H groups in total. The van der Waals surface area contributed by atoms with Crippen LogP contribution >= 0.6 is 24.8 Å². The van der Waals surface area contributed by atoms with Crippen molar-refractivity contribution in [3.05, 3.63) is 65.7 Å². The normalized spacial score (nSPS) is 22.5. The number of hydrogen-bond acceptors (Lipinski definition) is 4. The van der Waals surface area contributed by atoms with Gasteiger partial charge in [-0.3, -0.25) is 4.90 Å². The third kappa shape index (κ3) is 3.83. The highest BCUT2D eigenvalue weighted by molar-refractivity contribution is 5.85. The van der Waals surface area contributed by atoms with E-state index in [9.17, 15) is 4.79 Å². The maximum absolute atomic E-state index is 12.5. The van der Waals surface area contributed by atoms with Crippen molar-refractivity contribution in [2.45, 2.75) is 19.1 Å². The van der Waals surface area contributed by atoms with Crippen LogP contribution in [0, 0.1) is 0 Å². The summed E-state index contributed by atoms with van der Waals surface area (Å²) in [5.74, 6) is -0.116. The Morgan fingerprint density at radius 2 is 1.42 bits per heavy atom. The van der Waals surface area contributed by atoms with Crippen LogP contribution in [-0.2, 0) is 9.53 Å². The lowest BCUT2D eigenvalue weighted by Gasteiger charge is -2.41. The molecule has 0 unspecified atom stereocenters. The van der Waals surface area contributed by atoms with Gasteiger partial charge in [0, 0.05) is 31.9 Å². The van der Waals surface area contributed by atoms with Gasteiger partial charge in [-0.15, -0.1) is 24.8 Å². The molecule has 6 heteroatoms. The molecule has 0 aliphatic carbocycles. The van der Waals surface area contributed by atoms with Gasteiger partial charge in [0.1, 0.15) is 12.1 Å². The minimum Gasteiger partial charge on any atom is -0.456 e. The van der Waals surface area contributed by atoms with Crippen LogP contribution in [0.5, 0.6) is 0 Å². The lowest BCUT2D eigenvalue weighted by atomic mass is 9.93. The van der Waals surface area contributed by atoms with Gasteiger partial charge in [-0.25, -0.2) is 4.79 Å². The average molecular weight is 395 g/mol. The van der Waals surface area contributed by atoms with Gasteiger partial charge in [0.2, 0.25) is 0 Å². The van der Waals surface area contributed by atoms with E-state index < -0.39 is 0 Å². The second kappa shape index (κ2) is 8.76. The van der Waals surface area contributed by atoms with E-state index in [0.29, 0.717) is 0 Å². The van der Waals surface area contributed by atoms with Gasteiger partial charge in [0.05, 0.1) is 0 Å². The molecule has 1 fully saturated rings. The molecule has 2 aromatic carbocycles. The second-order valence-electron chi connectivity index (χ2n) is 6.47. The quantitative estimate of drug-likeness (QED) is 0.720. The van der Waals surface area contributed by atoms with Crippen molar-refractivity contribution in [2.75, 3.05) is 31.1 Å². The zero-order valence-electron chi connectivity index (χ0n) is 14.7. The van der Waals surface area contributed by atoms with E-state index in [1.807, 2.05) is 25.1 Å². The molecule has 2 atom stereocenters. The molecule has 0 amide bonds. The van der Waals surface area contributed by atoms with E-state index in [2.05, 4.69) is 46.2 Å². The molecule has 0 aromatic heterocycles. The molecule has 0 saturated carbocycles. The Kier molecular flexibility index (Phi) is 6.93. The van der Waals surface area contributed by atoms with Crippen LogP contribution in [-0.4, -0.2) is 37.0 Å². The fourth-order valence-electron chi connectivity index (χ4n) is 3.78. The number of carbonyl (C=O) groups excluding carboxylic acids is 1. The molecule has 1 saturated heterocycles. The molecule has 2 aromatic rings. The number of rotatable bonds is 2. The Hall–Kier alpha value is -1.75. The van der Waals surface area contributed by atoms with E-state index in [4.69, 9.17) is 4.74 Å². The second-order valence-corrected chi connectivity index (χ2v) is 6.47. The number of halogens is 2. The minimum absolute atomic E-state index is 0. The van der Waals surface area contributed by atoms with Crippen LogP contribution in [0.4, 0.5) is 5.69 Å². The third-order valence-electron chi connectivity index (χ3n) is 5.05. The fraction of sp³-hybridized carbons (Fsp3) is 0.350. The molecule has 2 heterocycles. The highest BCUT2D eigenvalue weighted by atomic mass is 35.5. The summed E-state index contributed by atoms with van der Waals surface area (Å²) < 4.78 is 5.60. The number of ether oxygens (including phenoxy) is 1. The first kappa shape index (κ1) is 20.6. The first-order chi connectivity index (χ1) is 11.7. The van der Waals surface area contributed by atoms with Gasteiger partial charge in [-0.05, 0) is 30.2 Å². The monoisotopic (exact) mass is 394 g/mol. The highest BCUT2D eigenvalue weighted by Crippen LogP contribution is 2.36. The maximum atomic E-state index is 12.5. The number of esters is 1. The van der Waals surface area contributed by atoms with E-state index in [1.54, 1.807) is 0 Å². The number of fused-ring (bicyclic) bond motifs is 1. The number of carbonyl (C=O) groups is 1. The van der Waals surface area contributed by atoms with Crippen molar-refractivity contribution in [1.82, 2.24) is 4.90 Å². The van der Waals surface area contributed by atoms with Gasteiger partial charge >= 0.3 is 5.97 Å². The number of cyclic esters (lactones) is 1. The van der Waals surface area contributed by atoms with Gasteiger partial charge in [-0.1, -0.05) is 42.5 Å². The number of para-hydroxylation sites is 1. The summed E-state index contributed by atoms with van der Waals surface area (Å²) in [6.07, 6.45) is -0.157. The molecule has 4 rings (SSSR count). The van der Waals surface area contributed by atoms with E-state index >= 15 is 0 Å². The summed E-state index contributed by atoms with van der Waals surface area (Å²) in [5.41, 5.74) is 3.49. The van der Waals surface area contributed by atoms with Crippen LogP contribution in [0.1, 0.15) is 30.2 Å². The van der Waals surface area contributed by atoms with E-state index in [-0.39, 0.29) is 42.9 Å². The van der Waals surface area contributed by atoms with Gasteiger partial charge < -0.3 is 9.64 Å². The fourth-order valence-corrected chi connectivity index (χ4v) is 3.78. The molecular formula is C20H24Cl2N2O2. The lowest BCUT2D eigenvalue weighted by Crippen LogP contribution is -2.50. The van der Waals surface area contributed by atoms with Gasteiger partial charge in [0.25, 0.3) is 0 Å². The summed E-state index contributed by atoms with van der Waals surface area (Å²) in [7, 11) is 0. The Morgan fingerprint density at radius 1 is 0.846 bits per heavy atom. The summed E-state index contributed by atoms with van der Waals surface area (Å²) >= 11 is 0. The van der Waals surface area contributed by atoms with Gasteiger partial charge in [-0.2, -0.15) is 0 Å². The van der Waals surface area contributed by atoms with Gasteiger partial charge in [0.15, 0.2) is 0 Å². The molecule has 0 bridgehead atoms. The average Bonchev–Trinajstić information content (AvgIpc) is 2.63. The Labute approximate surface area is 166 Å². The zero-order chi connectivity index (χ0) is 16.5. The number of benzene rings is 2. The topological polar surface area (TPSA) is 32.8 Å². The minimum atomic E-state index is -0.268. The molecule has 140 valence electrons. The Morgan fingerprint density at radius 3 is 2.08 bits per heavy atom. The van der Waals surface area contributed by atoms with E-state index in [0.717, 1.165) is 37.3 Å². The first-order valence-corrected chi connectivity index (χ1v) is 8.57. The lowest BCUT2D eigenvalue weighted by molar-refractivity contribution is -0.158. The van der Waals surface area contributed by atoms with Crippen LogP contribution in [0.2, 0.25) is 0 Å². The van der Waals surface area contributed by atoms with Crippen molar-refractivity contribution in [1.29, 1.82) is 0 Å². The smallest absolute Gasteiger partial charge is 0.328 e. The molecule has 0 spiro atoms. The molecule has 0 radical (unpaired) electrons. The number of piperazine rings is 1. The highest BCUT2D eigenvalue weighted by Gasteiger charge is 2.38. The first-order valence-electron chi connectivity index (χ1n) is 8.57. The molecule has 2 aliphatic rings. The molecule has 2 aliphatic heterocycles. The largest absolute Gasteiger partial charge is 0.456 e. The summed E-state index contributed by atoms with van der Waals surface area (Å²) in [6.45, 7) is 5.51. The van der Waals surface area contributed by atoms with Crippen LogP contribution in [0.25, 0.3) is 0 Å². The predicted molar refractivity (Wildman–Crippen MR) is 108 cm³/mol. The number of nitrogens with zero attached hydrogens (tertiary/aromatic N) is 2.